The van der Waals surface area contributed by atoms with Crippen molar-refractivity contribution in [3.8, 4) is 0 Å². The van der Waals surface area contributed by atoms with Gasteiger partial charge in [-0.05, 0) is 49.2 Å². The average molecular weight is 436 g/mol. The van der Waals surface area contributed by atoms with Gasteiger partial charge in [0.1, 0.15) is 0 Å². The Balaban J connectivity index is 1.93. The zero-order valence-electron chi connectivity index (χ0n) is 17.2. The van der Waals surface area contributed by atoms with Crippen LogP contribution in [0.5, 0.6) is 0 Å². The number of ether oxygens (including phenoxy) is 1. The van der Waals surface area contributed by atoms with E-state index in [0.717, 1.165) is 29.8 Å². The molecule has 0 atom stereocenters. The van der Waals surface area contributed by atoms with E-state index in [1.54, 1.807) is 12.1 Å². The Labute approximate surface area is 178 Å². The number of halogens is 3. The van der Waals surface area contributed by atoms with Gasteiger partial charge in [0, 0.05) is 12.2 Å². The number of benzene rings is 2. The van der Waals surface area contributed by atoms with Crippen LogP contribution in [0.4, 0.5) is 18.9 Å². The minimum atomic E-state index is -4.52. The average Bonchev–Trinajstić information content (AvgIpc) is 2.72. The maximum atomic E-state index is 12.6. The second-order valence-electron chi connectivity index (χ2n) is 6.83. The number of anilines is 1. The molecule has 31 heavy (non-hydrogen) atoms. The van der Waals surface area contributed by atoms with Gasteiger partial charge in [-0.2, -0.15) is 13.2 Å². The maximum absolute atomic E-state index is 12.6. The monoisotopic (exact) mass is 436 g/mol. The van der Waals surface area contributed by atoms with E-state index in [1.807, 2.05) is 26.0 Å². The van der Waals surface area contributed by atoms with Gasteiger partial charge >= 0.3 is 12.1 Å². The third kappa shape index (κ3) is 7.13. The van der Waals surface area contributed by atoms with Crippen LogP contribution in [0.1, 0.15) is 34.8 Å². The van der Waals surface area contributed by atoms with Crippen molar-refractivity contribution >= 4 is 23.5 Å². The number of carbonyl (C=O) groups excluding carboxylic acids is 3. The molecule has 6 nitrogen and oxygen atoms in total. The van der Waals surface area contributed by atoms with Crippen LogP contribution >= 0.6 is 0 Å². The number of amides is 2. The van der Waals surface area contributed by atoms with Crippen LogP contribution in [0.2, 0.25) is 0 Å². The summed E-state index contributed by atoms with van der Waals surface area (Å²) in [6.07, 6.45) is -3.94. The van der Waals surface area contributed by atoms with Gasteiger partial charge in [-0.25, -0.2) is 4.79 Å². The second-order valence-corrected chi connectivity index (χ2v) is 6.83. The molecule has 0 aromatic heterocycles. The third-order valence-electron chi connectivity index (χ3n) is 4.37. The normalized spacial score (nSPS) is 11.0. The molecule has 0 spiro atoms. The van der Waals surface area contributed by atoms with Crippen LogP contribution in [0.15, 0.2) is 48.5 Å². The minimum absolute atomic E-state index is 0.111. The largest absolute Gasteiger partial charge is 0.452 e. The zero-order valence-corrected chi connectivity index (χ0v) is 17.2. The molecule has 0 aliphatic heterocycles. The van der Waals surface area contributed by atoms with E-state index in [2.05, 4.69) is 5.32 Å². The predicted octanol–water partition coefficient (Wildman–Crippen LogP) is 4.05. The first-order chi connectivity index (χ1) is 14.6. The van der Waals surface area contributed by atoms with Crippen molar-refractivity contribution in [2.75, 3.05) is 25.0 Å². The van der Waals surface area contributed by atoms with E-state index in [-0.39, 0.29) is 18.7 Å². The summed E-state index contributed by atoms with van der Waals surface area (Å²) in [6, 6.07) is 10.7. The fourth-order valence-corrected chi connectivity index (χ4v) is 2.74. The summed E-state index contributed by atoms with van der Waals surface area (Å²) < 4.78 is 42.7. The van der Waals surface area contributed by atoms with Gasteiger partial charge in [0.15, 0.2) is 6.61 Å². The summed E-state index contributed by atoms with van der Waals surface area (Å²) >= 11 is 0. The minimum Gasteiger partial charge on any atom is -0.452 e. The van der Waals surface area contributed by atoms with Crippen molar-refractivity contribution in [1.29, 1.82) is 0 Å². The first-order valence-electron chi connectivity index (χ1n) is 9.59. The number of hydrogen-bond acceptors (Lipinski definition) is 4. The molecule has 2 aromatic carbocycles. The first-order valence-corrected chi connectivity index (χ1v) is 9.59. The van der Waals surface area contributed by atoms with Crippen molar-refractivity contribution in [1.82, 2.24) is 4.90 Å². The number of rotatable bonds is 8. The first kappa shape index (κ1) is 23.9. The highest BCUT2D eigenvalue weighted by Crippen LogP contribution is 2.29. The number of para-hydroxylation sites is 1. The molecule has 0 heterocycles. The third-order valence-corrected chi connectivity index (χ3v) is 4.37. The molecule has 0 aliphatic rings. The van der Waals surface area contributed by atoms with Gasteiger partial charge < -0.3 is 15.0 Å². The lowest BCUT2D eigenvalue weighted by molar-refractivity contribution is -0.137. The fraction of sp³-hybridized carbons (Fsp3) is 0.318. The van der Waals surface area contributed by atoms with E-state index in [9.17, 15) is 27.6 Å². The molecule has 0 saturated heterocycles. The van der Waals surface area contributed by atoms with Gasteiger partial charge in [0.2, 0.25) is 5.91 Å². The molecular weight excluding hydrogens is 413 g/mol. The molecule has 0 unspecified atom stereocenters. The lowest BCUT2D eigenvalue weighted by Gasteiger charge is -2.21. The van der Waals surface area contributed by atoms with Crippen LogP contribution in [-0.2, 0) is 20.5 Å². The SMILES string of the molecule is CCCN(CC(=O)Nc1ccccc1C)C(=O)COC(=O)c1ccc(C(F)(F)F)cc1. The Bertz CT molecular complexity index is 927. The van der Waals surface area contributed by atoms with Crippen molar-refractivity contribution in [3.05, 3.63) is 65.2 Å². The zero-order chi connectivity index (χ0) is 23.0. The standard InChI is InChI=1S/C22H23F3N2O4/c1-3-12-27(13-19(28)26-18-7-5-4-6-15(18)2)20(29)14-31-21(30)16-8-10-17(11-9-16)22(23,24)25/h4-11H,3,12-14H2,1-2H3,(H,26,28). The fourth-order valence-electron chi connectivity index (χ4n) is 2.74. The second kappa shape index (κ2) is 10.6. The highest BCUT2D eigenvalue weighted by atomic mass is 19.4. The molecule has 0 bridgehead atoms. The highest BCUT2D eigenvalue weighted by Gasteiger charge is 2.30. The lowest BCUT2D eigenvalue weighted by Crippen LogP contribution is -2.40. The van der Waals surface area contributed by atoms with Crippen LogP contribution in [0.3, 0.4) is 0 Å². The quantitative estimate of drug-likeness (QED) is 0.634. The smallest absolute Gasteiger partial charge is 0.416 e. The van der Waals surface area contributed by atoms with Crippen LogP contribution in [-0.4, -0.2) is 42.4 Å². The number of nitrogens with one attached hydrogen (secondary N) is 1. The molecule has 0 saturated carbocycles. The van der Waals surface area contributed by atoms with Crippen molar-refractivity contribution < 1.29 is 32.3 Å². The van der Waals surface area contributed by atoms with Gasteiger partial charge in [0.25, 0.3) is 5.91 Å². The molecular formula is C22H23F3N2O4. The molecule has 1 N–H and O–H groups in total. The highest BCUT2D eigenvalue weighted by molar-refractivity contribution is 5.96. The Kier molecular flexibility index (Phi) is 8.18. The number of esters is 1. The summed E-state index contributed by atoms with van der Waals surface area (Å²) in [5.41, 5.74) is 0.494. The van der Waals surface area contributed by atoms with E-state index in [4.69, 9.17) is 4.74 Å². The van der Waals surface area contributed by atoms with E-state index >= 15 is 0 Å². The topological polar surface area (TPSA) is 75.7 Å². The van der Waals surface area contributed by atoms with Crippen LogP contribution < -0.4 is 5.32 Å². The summed E-state index contributed by atoms with van der Waals surface area (Å²) in [6.45, 7) is 3.09. The van der Waals surface area contributed by atoms with E-state index in [1.165, 1.54) is 4.90 Å². The molecule has 0 fully saturated rings. The van der Waals surface area contributed by atoms with Crippen LogP contribution in [0.25, 0.3) is 0 Å². The lowest BCUT2D eigenvalue weighted by atomic mass is 10.1. The molecule has 0 aliphatic carbocycles. The van der Waals surface area contributed by atoms with Crippen molar-refractivity contribution in [2.24, 2.45) is 0 Å². The van der Waals surface area contributed by atoms with Crippen LogP contribution in [0, 0.1) is 6.92 Å². The number of nitrogens with zero attached hydrogens (tertiary/aromatic N) is 1. The van der Waals surface area contributed by atoms with Gasteiger partial charge in [0.05, 0.1) is 17.7 Å². The molecule has 2 amide bonds. The number of alkyl halides is 3. The predicted molar refractivity (Wildman–Crippen MR) is 108 cm³/mol. The number of aryl methyl sites for hydroxylation is 1. The van der Waals surface area contributed by atoms with E-state index < -0.39 is 36.1 Å². The summed E-state index contributed by atoms with van der Waals surface area (Å²) in [4.78, 5) is 38.0. The van der Waals surface area contributed by atoms with Gasteiger partial charge in [-0.1, -0.05) is 25.1 Å². The summed E-state index contributed by atoms with van der Waals surface area (Å²) in [5, 5.41) is 2.73. The Hall–Kier alpha value is -3.36. The Morgan fingerprint density at radius 1 is 1.03 bits per heavy atom. The van der Waals surface area contributed by atoms with Crippen molar-refractivity contribution in [2.45, 2.75) is 26.4 Å². The summed E-state index contributed by atoms with van der Waals surface area (Å²) in [7, 11) is 0. The number of carbonyl (C=O) groups is 3. The Morgan fingerprint density at radius 3 is 2.26 bits per heavy atom. The maximum Gasteiger partial charge on any atom is 0.416 e. The molecule has 2 aromatic rings. The van der Waals surface area contributed by atoms with Crippen molar-refractivity contribution in [3.63, 3.8) is 0 Å². The van der Waals surface area contributed by atoms with Gasteiger partial charge in [-0.15, -0.1) is 0 Å². The molecule has 9 heteroatoms. The molecule has 166 valence electrons. The number of hydrogen-bond donors (Lipinski definition) is 1. The molecule has 0 radical (unpaired) electrons. The Morgan fingerprint density at radius 2 is 1.68 bits per heavy atom. The summed E-state index contributed by atoms with van der Waals surface area (Å²) in [5.74, 6) is -1.91. The van der Waals surface area contributed by atoms with Gasteiger partial charge in [-0.3, -0.25) is 9.59 Å². The molecule has 2 rings (SSSR count). The van der Waals surface area contributed by atoms with E-state index in [0.29, 0.717) is 12.1 Å².